The summed E-state index contributed by atoms with van der Waals surface area (Å²) in [6.07, 6.45) is 5.00. The van der Waals surface area contributed by atoms with E-state index in [0.29, 0.717) is 0 Å². The van der Waals surface area contributed by atoms with Gasteiger partial charge in [0, 0.05) is 29.5 Å². The van der Waals surface area contributed by atoms with E-state index in [1.54, 1.807) is 12.4 Å². The van der Waals surface area contributed by atoms with Gasteiger partial charge in [-0.1, -0.05) is 0 Å². The minimum atomic E-state index is -0.0304. The van der Waals surface area contributed by atoms with E-state index in [0.717, 1.165) is 22.9 Å². The Bertz CT molecular complexity index is 268. The summed E-state index contributed by atoms with van der Waals surface area (Å²) in [4.78, 5) is 4.02. The molecule has 13 heavy (non-hydrogen) atoms. The van der Waals surface area contributed by atoms with Crippen LogP contribution in [-0.2, 0) is 0 Å². The molecule has 0 aromatic carbocycles. The molecule has 0 unspecified atom stereocenters. The van der Waals surface area contributed by atoms with Gasteiger partial charge in [-0.05, 0) is 40.4 Å². The Labute approximate surface area is 86.1 Å². The highest BCUT2D eigenvalue weighted by Crippen LogP contribution is 2.18. The second-order valence-corrected chi connectivity index (χ2v) is 3.82. The molecule has 1 atom stereocenters. The minimum absolute atomic E-state index is 0.0304. The number of pyridine rings is 1. The van der Waals surface area contributed by atoms with Gasteiger partial charge in [-0.2, -0.15) is 0 Å². The van der Waals surface area contributed by atoms with Crippen LogP contribution in [0.4, 0.5) is 0 Å². The first kappa shape index (κ1) is 10.6. The maximum absolute atomic E-state index is 8.64. The number of aliphatic hydroxyl groups excluding tert-OH is 1. The summed E-state index contributed by atoms with van der Waals surface area (Å²) in [5.41, 5.74) is 6.88. The van der Waals surface area contributed by atoms with Gasteiger partial charge >= 0.3 is 0 Å². The SMILES string of the molecule is N[C@@H](CCCO)c1cncc(Br)c1. The second-order valence-electron chi connectivity index (χ2n) is 2.91. The molecule has 0 amide bonds. The lowest BCUT2D eigenvalue weighted by Gasteiger charge is -2.10. The summed E-state index contributed by atoms with van der Waals surface area (Å²) in [5.74, 6) is 0. The molecule has 0 aliphatic rings. The van der Waals surface area contributed by atoms with E-state index in [9.17, 15) is 0 Å². The molecule has 1 aromatic heterocycles. The van der Waals surface area contributed by atoms with Crippen LogP contribution in [0.1, 0.15) is 24.4 Å². The third kappa shape index (κ3) is 3.42. The lowest BCUT2D eigenvalue weighted by Crippen LogP contribution is -2.11. The number of nitrogens with two attached hydrogens (primary N) is 1. The van der Waals surface area contributed by atoms with E-state index in [2.05, 4.69) is 20.9 Å². The normalized spacial score (nSPS) is 12.8. The van der Waals surface area contributed by atoms with E-state index in [-0.39, 0.29) is 12.6 Å². The molecule has 1 aromatic rings. The lowest BCUT2D eigenvalue weighted by atomic mass is 10.1. The van der Waals surface area contributed by atoms with Crippen molar-refractivity contribution in [3.05, 3.63) is 28.5 Å². The fraction of sp³-hybridized carbons (Fsp3) is 0.444. The van der Waals surface area contributed by atoms with Gasteiger partial charge in [0.2, 0.25) is 0 Å². The molecule has 0 fully saturated rings. The van der Waals surface area contributed by atoms with Crippen LogP contribution in [0.25, 0.3) is 0 Å². The first-order chi connectivity index (χ1) is 6.24. The Morgan fingerprint density at radius 2 is 2.31 bits per heavy atom. The molecule has 72 valence electrons. The first-order valence-corrected chi connectivity index (χ1v) is 5.00. The van der Waals surface area contributed by atoms with Crippen LogP contribution in [0, 0.1) is 0 Å². The molecule has 0 saturated heterocycles. The highest BCUT2D eigenvalue weighted by molar-refractivity contribution is 9.10. The van der Waals surface area contributed by atoms with Gasteiger partial charge < -0.3 is 10.8 Å². The van der Waals surface area contributed by atoms with Crippen LogP contribution >= 0.6 is 15.9 Å². The molecule has 0 aliphatic carbocycles. The third-order valence-electron chi connectivity index (χ3n) is 1.83. The predicted molar refractivity (Wildman–Crippen MR) is 55.2 cm³/mol. The molecule has 1 heterocycles. The van der Waals surface area contributed by atoms with Crippen molar-refractivity contribution >= 4 is 15.9 Å². The highest BCUT2D eigenvalue weighted by Gasteiger charge is 2.05. The zero-order valence-electron chi connectivity index (χ0n) is 7.28. The van der Waals surface area contributed by atoms with E-state index in [1.807, 2.05) is 6.07 Å². The molecule has 4 heteroatoms. The summed E-state index contributed by atoms with van der Waals surface area (Å²) in [6, 6.07) is 1.92. The topological polar surface area (TPSA) is 59.1 Å². The quantitative estimate of drug-likeness (QED) is 0.847. The van der Waals surface area contributed by atoms with Gasteiger partial charge in [0.15, 0.2) is 0 Å². The number of aromatic nitrogens is 1. The summed E-state index contributed by atoms with van der Waals surface area (Å²) in [7, 11) is 0. The molecule has 1 rings (SSSR count). The maximum atomic E-state index is 8.64. The van der Waals surface area contributed by atoms with Crippen LogP contribution in [0.3, 0.4) is 0 Å². The minimum Gasteiger partial charge on any atom is -0.396 e. The summed E-state index contributed by atoms with van der Waals surface area (Å²) >= 11 is 3.33. The molecule has 0 aliphatic heterocycles. The van der Waals surface area contributed by atoms with Crippen molar-refractivity contribution in [1.29, 1.82) is 0 Å². The average molecular weight is 245 g/mol. The smallest absolute Gasteiger partial charge is 0.0431 e. The average Bonchev–Trinajstić information content (AvgIpc) is 2.14. The standard InChI is InChI=1S/C9H13BrN2O/c10-8-4-7(5-12-6-8)9(11)2-1-3-13/h4-6,9,13H,1-3,11H2/t9-/m0/s1. The van der Waals surface area contributed by atoms with Crippen molar-refractivity contribution in [2.24, 2.45) is 5.73 Å². The van der Waals surface area contributed by atoms with Crippen LogP contribution in [0.5, 0.6) is 0 Å². The van der Waals surface area contributed by atoms with E-state index < -0.39 is 0 Å². The number of rotatable bonds is 4. The Hall–Kier alpha value is -0.450. The number of halogens is 1. The van der Waals surface area contributed by atoms with Crippen molar-refractivity contribution in [3.63, 3.8) is 0 Å². The van der Waals surface area contributed by atoms with Gasteiger partial charge in [-0.3, -0.25) is 4.98 Å². The van der Waals surface area contributed by atoms with Crippen LogP contribution in [0.15, 0.2) is 22.9 Å². The monoisotopic (exact) mass is 244 g/mol. The number of hydrogen-bond donors (Lipinski definition) is 2. The third-order valence-corrected chi connectivity index (χ3v) is 2.26. The Morgan fingerprint density at radius 1 is 1.54 bits per heavy atom. The summed E-state index contributed by atoms with van der Waals surface area (Å²) in [6.45, 7) is 0.190. The molecule has 0 saturated carbocycles. The number of aliphatic hydroxyl groups is 1. The fourth-order valence-corrected chi connectivity index (χ4v) is 1.49. The van der Waals surface area contributed by atoms with Gasteiger partial charge in [0.25, 0.3) is 0 Å². The molecular weight excluding hydrogens is 232 g/mol. The highest BCUT2D eigenvalue weighted by atomic mass is 79.9. The Balaban J connectivity index is 2.60. The van der Waals surface area contributed by atoms with E-state index in [4.69, 9.17) is 10.8 Å². The number of hydrogen-bond acceptors (Lipinski definition) is 3. The molecule has 3 N–H and O–H groups in total. The van der Waals surface area contributed by atoms with E-state index in [1.165, 1.54) is 0 Å². The van der Waals surface area contributed by atoms with Crippen molar-refractivity contribution in [3.8, 4) is 0 Å². The van der Waals surface area contributed by atoms with Crippen LogP contribution < -0.4 is 5.73 Å². The van der Waals surface area contributed by atoms with Gasteiger partial charge in [0.05, 0.1) is 0 Å². The Kier molecular flexibility index (Phi) is 4.35. The molecule has 0 radical (unpaired) electrons. The zero-order chi connectivity index (χ0) is 9.68. The molecule has 3 nitrogen and oxygen atoms in total. The lowest BCUT2D eigenvalue weighted by molar-refractivity contribution is 0.280. The maximum Gasteiger partial charge on any atom is 0.0431 e. The van der Waals surface area contributed by atoms with Crippen LogP contribution in [-0.4, -0.2) is 16.7 Å². The molecule has 0 bridgehead atoms. The van der Waals surface area contributed by atoms with Gasteiger partial charge in [0.1, 0.15) is 0 Å². The van der Waals surface area contributed by atoms with E-state index >= 15 is 0 Å². The second kappa shape index (κ2) is 5.32. The van der Waals surface area contributed by atoms with Gasteiger partial charge in [-0.25, -0.2) is 0 Å². The van der Waals surface area contributed by atoms with Crippen molar-refractivity contribution in [1.82, 2.24) is 4.98 Å². The predicted octanol–water partition coefficient (Wildman–Crippen LogP) is 1.62. The van der Waals surface area contributed by atoms with Crippen LogP contribution in [0.2, 0.25) is 0 Å². The molecule has 0 spiro atoms. The fourth-order valence-electron chi connectivity index (χ4n) is 1.11. The molecular formula is C9H13BrN2O. The summed E-state index contributed by atoms with van der Waals surface area (Å²) in [5, 5.41) is 8.64. The summed E-state index contributed by atoms with van der Waals surface area (Å²) < 4.78 is 0.935. The Morgan fingerprint density at radius 3 is 2.92 bits per heavy atom. The zero-order valence-corrected chi connectivity index (χ0v) is 8.87. The van der Waals surface area contributed by atoms with Crippen molar-refractivity contribution < 1.29 is 5.11 Å². The number of nitrogens with zero attached hydrogens (tertiary/aromatic N) is 1. The van der Waals surface area contributed by atoms with Crippen molar-refractivity contribution in [2.75, 3.05) is 6.61 Å². The first-order valence-electron chi connectivity index (χ1n) is 4.21. The van der Waals surface area contributed by atoms with Gasteiger partial charge in [-0.15, -0.1) is 0 Å². The largest absolute Gasteiger partial charge is 0.396 e. The van der Waals surface area contributed by atoms with Crippen molar-refractivity contribution in [2.45, 2.75) is 18.9 Å².